The first-order valence-corrected chi connectivity index (χ1v) is 8.27. The van der Waals surface area contributed by atoms with Crippen LogP contribution in [0, 0.1) is 0 Å². The van der Waals surface area contributed by atoms with Crippen LogP contribution in [0.4, 0.5) is 5.95 Å². The molecule has 2 aromatic rings. The van der Waals surface area contributed by atoms with E-state index >= 15 is 0 Å². The van der Waals surface area contributed by atoms with Crippen LogP contribution in [0.3, 0.4) is 0 Å². The van der Waals surface area contributed by atoms with Crippen LogP contribution < -0.4 is 10.6 Å². The molecule has 2 aliphatic rings. The van der Waals surface area contributed by atoms with Gasteiger partial charge in [0.2, 0.25) is 11.9 Å². The zero-order valence-corrected chi connectivity index (χ0v) is 13.1. The van der Waals surface area contributed by atoms with Crippen molar-refractivity contribution in [2.75, 3.05) is 18.0 Å². The first-order valence-electron chi connectivity index (χ1n) is 8.27. The number of nitrogens with zero attached hydrogens (tertiary/aromatic N) is 3. The molecule has 1 fully saturated rings. The van der Waals surface area contributed by atoms with Gasteiger partial charge >= 0.3 is 0 Å². The minimum absolute atomic E-state index is 0.401. The van der Waals surface area contributed by atoms with E-state index < -0.39 is 5.91 Å². The van der Waals surface area contributed by atoms with Crippen LogP contribution in [0.25, 0.3) is 11.3 Å². The molecule has 2 heterocycles. The monoisotopic (exact) mass is 308 g/mol. The van der Waals surface area contributed by atoms with Crippen LogP contribution >= 0.6 is 0 Å². The van der Waals surface area contributed by atoms with Crippen LogP contribution in [0.1, 0.15) is 40.9 Å². The number of aromatic nitrogens is 2. The lowest BCUT2D eigenvalue weighted by Gasteiger charge is -2.18. The summed E-state index contributed by atoms with van der Waals surface area (Å²) in [5, 5.41) is 0. The molecule has 2 N–H and O–H groups in total. The highest BCUT2D eigenvalue weighted by Gasteiger charge is 2.23. The van der Waals surface area contributed by atoms with Gasteiger partial charge in [-0.3, -0.25) is 4.79 Å². The van der Waals surface area contributed by atoms with E-state index in [9.17, 15) is 4.79 Å². The molecule has 5 heteroatoms. The fourth-order valence-corrected chi connectivity index (χ4v) is 3.51. The third-order valence-corrected chi connectivity index (χ3v) is 4.75. The van der Waals surface area contributed by atoms with Gasteiger partial charge in [-0.05, 0) is 44.2 Å². The Labute approximate surface area is 135 Å². The summed E-state index contributed by atoms with van der Waals surface area (Å²) in [6, 6.07) is 7.43. The van der Waals surface area contributed by atoms with Crippen LogP contribution in [0.2, 0.25) is 0 Å². The van der Waals surface area contributed by atoms with Gasteiger partial charge in [0.05, 0.1) is 5.69 Å². The molecule has 23 heavy (non-hydrogen) atoms. The number of hydrogen-bond donors (Lipinski definition) is 1. The van der Waals surface area contributed by atoms with E-state index in [2.05, 4.69) is 4.90 Å². The third-order valence-electron chi connectivity index (χ3n) is 4.75. The number of aryl methyl sites for hydroxylation is 1. The molecule has 118 valence electrons. The lowest BCUT2D eigenvalue weighted by Crippen LogP contribution is -2.21. The van der Waals surface area contributed by atoms with Crippen molar-refractivity contribution >= 4 is 11.9 Å². The normalized spacial score (nSPS) is 16.6. The average molecular weight is 308 g/mol. The van der Waals surface area contributed by atoms with Gasteiger partial charge in [-0.15, -0.1) is 0 Å². The summed E-state index contributed by atoms with van der Waals surface area (Å²) in [6.45, 7) is 2.08. The largest absolute Gasteiger partial charge is 0.366 e. The molecule has 1 amide bonds. The minimum Gasteiger partial charge on any atom is -0.366 e. The maximum Gasteiger partial charge on any atom is 0.248 e. The predicted octanol–water partition coefficient (Wildman–Crippen LogP) is 2.33. The lowest BCUT2D eigenvalue weighted by molar-refractivity contribution is 0.100. The SMILES string of the molecule is NC(=O)c1ccc(-c2nc(N3CCCC3)nc3c2CCC3)cc1. The van der Waals surface area contributed by atoms with Crippen molar-refractivity contribution in [3.05, 3.63) is 41.1 Å². The number of nitrogens with two attached hydrogens (primary N) is 1. The van der Waals surface area contributed by atoms with E-state index in [1.54, 1.807) is 12.1 Å². The Bertz CT molecular complexity index is 748. The second-order valence-electron chi connectivity index (χ2n) is 6.29. The minimum atomic E-state index is -0.401. The lowest BCUT2D eigenvalue weighted by atomic mass is 10.0. The maximum absolute atomic E-state index is 11.3. The summed E-state index contributed by atoms with van der Waals surface area (Å²) in [4.78, 5) is 23.2. The van der Waals surface area contributed by atoms with Gasteiger partial charge in [0.25, 0.3) is 0 Å². The number of rotatable bonds is 3. The fourth-order valence-electron chi connectivity index (χ4n) is 3.51. The van der Waals surface area contributed by atoms with Gasteiger partial charge in [0.15, 0.2) is 0 Å². The highest BCUT2D eigenvalue weighted by molar-refractivity contribution is 5.93. The second kappa shape index (κ2) is 5.65. The highest BCUT2D eigenvalue weighted by atomic mass is 16.1. The Morgan fingerprint density at radius 3 is 2.43 bits per heavy atom. The number of benzene rings is 1. The van der Waals surface area contributed by atoms with E-state index in [1.807, 2.05) is 12.1 Å². The van der Waals surface area contributed by atoms with Gasteiger partial charge in [0, 0.05) is 35.5 Å². The zero-order chi connectivity index (χ0) is 15.8. The van der Waals surface area contributed by atoms with Crippen molar-refractivity contribution < 1.29 is 4.79 Å². The van der Waals surface area contributed by atoms with E-state index in [0.29, 0.717) is 5.56 Å². The maximum atomic E-state index is 11.3. The first-order chi connectivity index (χ1) is 11.2. The molecule has 0 spiro atoms. The molecule has 1 aromatic carbocycles. The molecular formula is C18H20N4O. The van der Waals surface area contributed by atoms with Crippen molar-refractivity contribution in [1.82, 2.24) is 9.97 Å². The second-order valence-corrected chi connectivity index (χ2v) is 6.29. The van der Waals surface area contributed by atoms with Crippen molar-refractivity contribution in [2.45, 2.75) is 32.1 Å². The Balaban J connectivity index is 1.78. The van der Waals surface area contributed by atoms with Gasteiger partial charge in [0.1, 0.15) is 0 Å². The molecule has 0 unspecified atom stereocenters. The Kier molecular flexibility index (Phi) is 3.48. The first kappa shape index (κ1) is 14.2. The number of amides is 1. The van der Waals surface area contributed by atoms with Crippen molar-refractivity contribution in [3.63, 3.8) is 0 Å². The van der Waals surface area contributed by atoms with E-state index in [1.165, 1.54) is 24.1 Å². The van der Waals surface area contributed by atoms with Gasteiger partial charge in [-0.1, -0.05) is 12.1 Å². The standard InChI is InChI=1S/C18H20N4O/c19-17(23)13-8-6-12(7-9-13)16-14-4-3-5-15(14)20-18(21-16)22-10-1-2-11-22/h6-9H,1-5,10-11H2,(H2,19,23). The molecule has 5 nitrogen and oxygen atoms in total. The van der Waals surface area contributed by atoms with Crippen LogP contribution in [0.5, 0.6) is 0 Å². The Morgan fingerprint density at radius 2 is 1.74 bits per heavy atom. The number of carbonyl (C=O) groups is 1. The van der Waals surface area contributed by atoms with E-state index in [-0.39, 0.29) is 0 Å². The van der Waals surface area contributed by atoms with Crippen molar-refractivity contribution in [2.24, 2.45) is 5.73 Å². The van der Waals surface area contributed by atoms with Gasteiger partial charge in [-0.2, -0.15) is 0 Å². The summed E-state index contributed by atoms with van der Waals surface area (Å²) in [7, 11) is 0. The quantitative estimate of drug-likeness (QED) is 0.944. The predicted molar refractivity (Wildman–Crippen MR) is 89.5 cm³/mol. The third kappa shape index (κ3) is 2.56. The topological polar surface area (TPSA) is 72.1 Å². The fraction of sp³-hybridized carbons (Fsp3) is 0.389. The van der Waals surface area contributed by atoms with E-state index in [4.69, 9.17) is 15.7 Å². The molecule has 0 atom stereocenters. The number of anilines is 1. The summed E-state index contributed by atoms with van der Waals surface area (Å²) >= 11 is 0. The summed E-state index contributed by atoms with van der Waals surface area (Å²) in [5.74, 6) is 0.458. The smallest absolute Gasteiger partial charge is 0.248 e. The summed E-state index contributed by atoms with van der Waals surface area (Å²) < 4.78 is 0. The summed E-state index contributed by atoms with van der Waals surface area (Å²) in [5.41, 5.74) is 10.4. The average Bonchev–Trinajstić information content (AvgIpc) is 3.25. The molecule has 1 aliphatic heterocycles. The van der Waals surface area contributed by atoms with Gasteiger partial charge < -0.3 is 10.6 Å². The van der Waals surface area contributed by atoms with Crippen molar-refractivity contribution in [3.8, 4) is 11.3 Å². The Morgan fingerprint density at radius 1 is 1.00 bits per heavy atom. The Hall–Kier alpha value is -2.43. The molecule has 0 saturated carbocycles. The molecule has 1 aliphatic carbocycles. The number of hydrogen-bond acceptors (Lipinski definition) is 4. The van der Waals surface area contributed by atoms with Crippen LogP contribution in [0.15, 0.2) is 24.3 Å². The number of carbonyl (C=O) groups excluding carboxylic acids is 1. The van der Waals surface area contributed by atoms with Gasteiger partial charge in [-0.25, -0.2) is 9.97 Å². The molecule has 1 saturated heterocycles. The molecule has 1 aromatic heterocycles. The van der Waals surface area contributed by atoms with Crippen molar-refractivity contribution in [1.29, 1.82) is 0 Å². The zero-order valence-electron chi connectivity index (χ0n) is 13.1. The molecule has 0 bridgehead atoms. The van der Waals surface area contributed by atoms with Crippen LogP contribution in [-0.2, 0) is 12.8 Å². The van der Waals surface area contributed by atoms with Crippen LogP contribution in [-0.4, -0.2) is 29.0 Å². The summed E-state index contributed by atoms with van der Waals surface area (Å²) in [6.07, 6.45) is 5.62. The molecule has 0 radical (unpaired) electrons. The van der Waals surface area contributed by atoms with E-state index in [0.717, 1.165) is 49.6 Å². The number of fused-ring (bicyclic) bond motifs is 1. The highest BCUT2D eigenvalue weighted by Crippen LogP contribution is 2.32. The number of primary amides is 1. The molecule has 4 rings (SSSR count). The molecular weight excluding hydrogens is 288 g/mol.